The Morgan fingerprint density at radius 3 is 3.13 bits per heavy atom. The Balaban J connectivity index is 2.25. The van der Waals surface area contributed by atoms with E-state index in [0.29, 0.717) is 23.1 Å². The number of rotatable bonds is 3. The highest BCUT2D eigenvalue weighted by atomic mass is 32.2. The maximum atomic E-state index is 8.64. The van der Waals surface area contributed by atoms with Gasteiger partial charge in [0.05, 0.1) is 5.75 Å². The van der Waals surface area contributed by atoms with Crippen molar-refractivity contribution in [1.29, 1.82) is 5.26 Å². The van der Waals surface area contributed by atoms with Crippen LogP contribution in [0.4, 0.5) is 0 Å². The van der Waals surface area contributed by atoms with E-state index < -0.39 is 0 Å². The molecule has 2 rings (SSSR count). The lowest BCUT2D eigenvalue weighted by Gasteiger charge is -1.85. The van der Waals surface area contributed by atoms with E-state index in [1.807, 2.05) is 12.3 Å². The van der Waals surface area contributed by atoms with Gasteiger partial charge < -0.3 is 9.51 Å². The molecule has 5 nitrogen and oxygen atoms in total. The van der Waals surface area contributed by atoms with Crippen LogP contribution in [-0.2, 0) is 5.75 Å². The number of nitrogens with zero attached hydrogens (tertiary/aromatic N) is 3. The van der Waals surface area contributed by atoms with E-state index in [4.69, 9.17) is 9.78 Å². The first-order valence-electron chi connectivity index (χ1n) is 4.24. The molecule has 0 radical (unpaired) electrons. The predicted molar refractivity (Wildman–Crippen MR) is 56.0 cm³/mol. The first kappa shape index (κ1) is 9.80. The molecule has 6 heteroatoms. The number of aromatic amines is 1. The molecule has 0 saturated heterocycles. The SMILES string of the molecule is CSCc1noc(-c2ccc(C#N)[nH]2)n1. The third kappa shape index (κ3) is 2.02. The molecule has 0 aliphatic rings. The summed E-state index contributed by atoms with van der Waals surface area (Å²) in [4.78, 5) is 7.05. The lowest BCUT2D eigenvalue weighted by molar-refractivity contribution is 0.424. The molecule has 0 aliphatic heterocycles. The van der Waals surface area contributed by atoms with E-state index in [1.54, 1.807) is 23.9 Å². The zero-order valence-electron chi connectivity index (χ0n) is 8.02. The first-order valence-corrected chi connectivity index (χ1v) is 5.64. The zero-order chi connectivity index (χ0) is 10.7. The van der Waals surface area contributed by atoms with E-state index in [9.17, 15) is 0 Å². The van der Waals surface area contributed by atoms with Gasteiger partial charge in [-0.2, -0.15) is 22.0 Å². The summed E-state index contributed by atoms with van der Waals surface area (Å²) >= 11 is 1.63. The summed E-state index contributed by atoms with van der Waals surface area (Å²) in [5.74, 6) is 1.79. The van der Waals surface area contributed by atoms with Crippen molar-refractivity contribution in [3.63, 3.8) is 0 Å². The molecule has 2 heterocycles. The summed E-state index contributed by atoms with van der Waals surface area (Å²) in [6.07, 6.45) is 1.97. The van der Waals surface area contributed by atoms with Gasteiger partial charge in [-0.3, -0.25) is 0 Å². The van der Waals surface area contributed by atoms with E-state index in [0.717, 1.165) is 5.75 Å². The average molecular weight is 220 g/mol. The molecule has 0 unspecified atom stereocenters. The molecule has 2 aromatic rings. The van der Waals surface area contributed by atoms with E-state index >= 15 is 0 Å². The van der Waals surface area contributed by atoms with E-state index in [-0.39, 0.29) is 0 Å². The summed E-state index contributed by atoms with van der Waals surface area (Å²) in [6, 6.07) is 5.42. The van der Waals surface area contributed by atoms with Gasteiger partial charge in [-0.1, -0.05) is 5.16 Å². The van der Waals surface area contributed by atoms with Gasteiger partial charge in [0.15, 0.2) is 5.82 Å². The molecule has 1 N–H and O–H groups in total. The lowest BCUT2D eigenvalue weighted by atomic mass is 10.4. The predicted octanol–water partition coefficient (Wildman–Crippen LogP) is 1.80. The molecule has 2 aromatic heterocycles. The van der Waals surface area contributed by atoms with Gasteiger partial charge in [0, 0.05) is 0 Å². The summed E-state index contributed by atoms with van der Waals surface area (Å²) in [6.45, 7) is 0. The Bertz CT molecular complexity index is 496. The van der Waals surface area contributed by atoms with Crippen LogP contribution >= 0.6 is 11.8 Å². The van der Waals surface area contributed by atoms with Crippen LogP contribution in [0.15, 0.2) is 16.7 Å². The monoisotopic (exact) mass is 220 g/mol. The van der Waals surface area contributed by atoms with Gasteiger partial charge in [0.2, 0.25) is 0 Å². The maximum Gasteiger partial charge on any atom is 0.274 e. The van der Waals surface area contributed by atoms with Gasteiger partial charge in [-0.05, 0) is 18.4 Å². The summed E-state index contributed by atoms with van der Waals surface area (Å²) < 4.78 is 5.05. The van der Waals surface area contributed by atoms with Crippen LogP contribution in [-0.4, -0.2) is 21.4 Å². The molecule has 0 spiro atoms. The first-order chi connectivity index (χ1) is 7.33. The quantitative estimate of drug-likeness (QED) is 0.853. The topological polar surface area (TPSA) is 78.5 Å². The molecule has 0 amide bonds. The molecule has 0 fully saturated rings. The molecular weight excluding hydrogens is 212 g/mol. The number of nitriles is 1. The Morgan fingerprint density at radius 2 is 2.47 bits per heavy atom. The highest BCUT2D eigenvalue weighted by Crippen LogP contribution is 2.17. The second-order valence-electron chi connectivity index (χ2n) is 2.85. The van der Waals surface area contributed by atoms with Crippen molar-refractivity contribution in [2.75, 3.05) is 6.26 Å². The Kier molecular flexibility index (Phi) is 2.74. The minimum atomic E-state index is 0.417. The largest absolute Gasteiger partial charge is 0.342 e. The Morgan fingerprint density at radius 1 is 1.60 bits per heavy atom. The van der Waals surface area contributed by atoms with Crippen molar-refractivity contribution in [2.24, 2.45) is 0 Å². The maximum absolute atomic E-state index is 8.64. The van der Waals surface area contributed by atoms with Crippen molar-refractivity contribution in [3.8, 4) is 17.7 Å². The minimum absolute atomic E-state index is 0.417. The molecule has 0 aromatic carbocycles. The van der Waals surface area contributed by atoms with Crippen LogP contribution in [0.5, 0.6) is 0 Å². The van der Waals surface area contributed by atoms with Crippen molar-refractivity contribution in [2.45, 2.75) is 5.75 Å². The van der Waals surface area contributed by atoms with Crippen LogP contribution in [0.1, 0.15) is 11.5 Å². The summed E-state index contributed by atoms with van der Waals surface area (Å²) in [7, 11) is 0. The second-order valence-corrected chi connectivity index (χ2v) is 3.71. The fraction of sp³-hybridized carbons (Fsp3) is 0.222. The zero-order valence-corrected chi connectivity index (χ0v) is 8.84. The number of H-pyrrole nitrogens is 1. The Hall–Kier alpha value is -1.74. The molecular formula is C9H8N4OS. The standard InChI is InChI=1S/C9H8N4OS/c1-15-5-8-12-9(14-13-8)7-3-2-6(4-10)11-7/h2-3,11H,5H2,1H3. The number of nitrogens with one attached hydrogen (secondary N) is 1. The molecule has 0 atom stereocenters. The fourth-order valence-electron chi connectivity index (χ4n) is 1.14. The van der Waals surface area contributed by atoms with Gasteiger partial charge in [0.25, 0.3) is 5.89 Å². The minimum Gasteiger partial charge on any atom is -0.342 e. The van der Waals surface area contributed by atoms with Crippen molar-refractivity contribution >= 4 is 11.8 Å². The molecule has 76 valence electrons. The van der Waals surface area contributed by atoms with E-state index in [2.05, 4.69) is 15.1 Å². The summed E-state index contributed by atoms with van der Waals surface area (Å²) in [5, 5.41) is 12.4. The molecule has 0 aliphatic carbocycles. The van der Waals surface area contributed by atoms with Gasteiger partial charge in [0.1, 0.15) is 17.5 Å². The number of thioether (sulfide) groups is 1. The van der Waals surface area contributed by atoms with Gasteiger partial charge in [-0.15, -0.1) is 0 Å². The van der Waals surface area contributed by atoms with Gasteiger partial charge in [-0.25, -0.2) is 0 Å². The number of hydrogen-bond donors (Lipinski definition) is 1. The third-order valence-electron chi connectivity index (χ3n) is 1.78. The smallest absolute Gasteiger partial charge is 0.274 e. The summed E-state index contributed by atoms with van der Waals surface area (Å²) in [5.41, 5.74) is 1.15. The number of aromatic nitrogens is 3. The average Bonchev–Trinajstić information content (AvgIpc) is 2.85. The van der Waals surface area contributed by atoms with Crippen LogP contribution in [0, 0.1) is 11.3 Å². The van der Waals surface area contributed by atoms with Crippen LogP contribution in [0.2, 0.25) is 0 Å². The van der Waals surface area contributed by atoms with Gasteiger partial charge >= 0.3 is 0 Å². The molecule has 15 heavy (non-hydrogen) atoms. The Labute approximate surface area is 90.5 Å². The van der Waals surface area contributed by atoms with Crippen LogP contribution in [0.3, 0.4) is 0 Å². The van der Waals surface area contributed by atoms with Crippen LogP contribution in [0.25, 0.3) is 11.6 Å². The highest BCUT2D eigenvalue weighted by molar-refractivity contribution is 7.97. The lowest BCUT2D eigenvalue weighted by Crippen LogP contribution is -1.83. The van der Waals surface area contributed by atoms with Crippen molar-refractivity contribution in [3.05, 3.63) is 23.7 Å². The third-order valence-corrected chi connectivity index (χ3v) is 2.33. The highest BCUT2D eigenvalue weighted by Gasteiger charge is 2.09. The van der Waals surface area contributed by atoms with Crippen molar-refractivity contribution < 1.29 is 4.52 Å². The fourth-order valence-corrected chi connectivity index (χ4v) is 1.51. The number of hydrogen-bond acceptors (Lipinski definition) is 5. The molecule has 0 saturated carbocycles. The molecule has 0 bridgehead atoms. The second kappa shape index (κ2) is 4.19. The van der Waals surface area contributed by atoms with Crippen LogP contribution < -0.4 is 0 Å². The van der Waals surface area contributed by atoms with Crippen molar-refractivity contribution in [1.82, 2.24) is 15.1 Å². The van der Waals surface area contributed by atoms with E-state index in [1.165, 1.54) is 0 Å². The normalized spacial score (nSPS) is 10.1.